The van der Waals surface area contributed by atoms with Gasteiger partial charge in [-0.2, -0.15) is 4.73 Å². The Morgan fingerprint density at radius 1 is 1.16 bits per heavy atom. The van der Waals surface area contributed by atoms with Gasteiger partial charge in [0.2, 0.25) is 0 Å². The maximum absolute atomic E-state index is 12.9. The van der Waals surface area contributed by atoms with E-state index in [1.165, 1.54) is 0 Å². The van der Waals surface area contributed by atoms with Gasteiger partial charge in [-0.15, -0.1) is 0 Å². The summed E-state index contributed by atoms with van der Waals surface area (Å²) >= 11 is 0. The van der Waals surface area contributed by atoms with Crippen LogP contribution >= 0.6 is 0 Å². The Morgan fingerprint density at radius 2 is 2.00 bits per heavy atom. The Balaban J connectivity index is 1.41. The fourth-order valence-electron chi connectivity index (χ4n) is 5.18. The van der Waals surface area contributed by atoms with Crippen LogP contribution < -0.4 is 4.84 Å². The van der Waals surface area contributed by atoms with Gasteiger partial charge in [0.1, 0.15) is 12.7 Å². The summed E-state index contributed by atoms with van der Waals surface area (Å²) in [4.78, 5) is 13.6. The molecule has 2 aromatic heterocycles. The lowest BCUT2D eigenvalue weighted by Crippen LogP contribution is -2.46. The van der Waals surface area contributed by atoms with Crippen LogP contribution in [0.5, 0.6) is 0 Å². The Hall–Kier alpha value is -2.98. The number of aliphatic hydroxyl groups is 1. The molecule has 0 bridgehead atoms. The molecule has 2 aromatic carbocycles. The number of fused-ring (bicyclic) bond motifs is 3. The third-order valence-electron chi connectivity index (χ3n) is 7.19. The second kappa shape index (κ2) is 9.72. The number of morpholine rings is 1. The fourth-order valence-corrected chi connectivity index (χ4v) is 6.88. The van der Waals surface area contributed by atoms with Gasteiger partial charge in [-0.1, -0.05) is 24.3 Å². The summed E-state index contributed by atoms with van der Waals surface area (Å²) in [5, 5.41) is 11.0. The van der Waals surface area contributed by atoms with E-state index < -0.39 is 9.84 Å². The smallest absolute Gasteiger partial charge is 0.181 e. The predicted octanol–water partition coefficient (Wildman–Crippen LogP) is 3.22. The van der Waals surface area contributed by atoms with Crippen molar-refractivity contribution in [1.82, 2.24) is 14.6 Å². The number of β-amino-alcohol motifs (C(OH)–C–C–N with tert-alkyl or cyclic N) is 1. The first-order chi connectivity index (χ1) is 18.0. The van der Waals surface area contributed by atoms with Gasteiger partial charge < -0.3 is 14.7 Å². The van der Waals surface area contributed by atoms with Crippen LogP contribution in [0.25, 0.3) is 33.1 Å². The Morgan fingerprint density at radius 3 is 2.81 bits per heavy atom. The van der Waals surface area contributed by atoms with E-state index in [1.54, 1.807) is 16.9 Å². The standard InChI is InChI=1S/C28H31N3O5S/c1-19-14-25-27-24(20-4-2-5-23(15-20)37(33,34)22-8-9-22)6-3-7-26(27)31(28(25)29-16-19)36-18-21-17-30(10-12-32)11-13-35-21/h2-7,14-16,21-22,32H,8-13,17-18H2,1H3/t21-/m1/s1. The van der Waals surface area contributed by atoms with Crippen LogP contribution in [-0.2, 0) is 14.6 Å². The number of nitrogens with zero attached hydrogens (tertiary/aromatic N) is 3. The molecule has 0 unspecified atom stereocenters. The zero-order valence-corrected chi connectivity index (χ0v) is 21.7. The van der Waals surface area contributed by atoms with E-state index in [0.717, 1.165) is 52.4 Å². The number of ether oxygens (including phenoxy) is 1. The first-order valence-electron chi connectivity index (χ1n) is 12.8. The molecule has 1 atom stereocenters. The number of aliphatic hydroxyl groups excluding tert-OH is 1. The van der Waals surface area contributed by atoms with Crippen molar-refractivity contribution in [2.24, 2.45) is 0 Å². The van der Waals surface area contributed by atoms with Gasteiger partial charge in [-0.05, 0) is 60.7 Å². The third kappa shape index (κ3) is 4.61. The molecule has 1 N–H and O–H groups in total. The van der Waals surface area contributed by atoms with E-state index in [0.29, 0.717) is 36.8 Å². The van der Waals surface area contributed by atoms with E-state index >= 15 is 0 Å². The Bertz CT molecular complexity index is 1560. The predicted molar refractivity (Wildman–Crippen MR) is 142 cm³/mol. The number of hydrogen-bond donors (Lipinski definition) is 1. The third-order valence-corrected chi connectivity index (χ3v) is 9.45. The molecule has 2 fully saturated rings. The van der Waals surface area contributed by atoms with E-state index in [1.807, 2.05) is 43.5 Å². The second-order valence-electron chi connectivity index (χ2n) is 9.96. The average molecular weight is 522 g/mol. The highest BCUT2D eigenvalue weighted by Gasteiger charge is 2.37. The number of pyridine rings is 1. The van der Waals surface area contributed by atoms with E-state index in [9.17, 15) is 13.5 Å². The summed E-state index contributed by atoms with van der Waals surface area (Å²) in [6.07, 6.45) is 3.18. The molecule has 8 nitrogen and oxygen atoms in total. The lowest BCUT2D eigenvalue weighted by Gasteiger charge is -2.32. The van der Waals surface area contributed by atoms with Crippen LogP contribution in [0, 0.1) is 6.92 Å². The summed E-state index contributed by atoms with van der Waals surface area (Å²) in [6.45, 7) is 5.18. The highest BCUT2D eigenvalue weighted by Crippen LogP contribution is 2.38. The van der Waals surface area contributed by atoms with Crippen molar-refractivity contribution >= 4 is 31.8 Å². The average Bonchev–Trinajstić information content (AvgIpc) is 3.72. The summed E-state index contributed by atoms with van der Waals surface area (Å²) in [7, 11) is -3.30. The minimum absolute atomic E-state index is 0.120. The Labute approximate surface area is 216 Å². The maximum Gasteiger partial charge on any atom is 0.181 e. The molecule has 0 radical (unpaired) electrons. The monoisotopic (exact) mass is 521 g/mol. The van der Waals surface area contributed by atoms with Gasteiger partial charge in [-0.3, -0.25) is 4.90 Å². The van der Waals surface area contributed by atoms with Crippen molar-refractivity contribution in [1.29, 1.82) is 0 Å². The lowest BCUT2D eigenvalue weighted by atomic mass is 10.00. The number of aromatic nitrogens is 2. The van der Waals surface area contributed by atoms with E-state index in [4.69, 9.17) is 14.6 Å². The summed E-state index contributed by atoms with van der Waals surface area (Å²) in [5.41, 5.74) is 4.39. The molecule has 1 saturated carbocycles. The molecular weight excluding hydrogens is 490 g/mol. The molecule has 0 amide bonds. The minimum atomic E-state index is -3.30. The van der Waals surface area contributed by atoms with Crippen LogP contribution in [0.4, 0.5) is 0 Å². The number of hydrogen-bond acceptors (Lipinski definition) is 7. The van der Waals surface area contributed by atoms with Crippen LogP contribution in [0.15, 0.2) is 59.6 Å². The van der Waals surface area contributed by atoms with Crippen molar-refractivity contribution in [3.05, 3.63) is 60.3 Å². The number of rotatable bonds is 8. The van der Waals surface area contributed by atoms with Gasteiger partial charge >= 0.3 is 0 Å². The van der Waals surface area contributed by atoms with E-state index in [-0.39, 0.29) is 18.0 Å². The molecule has 37 heavy (non-hydrogen) atoms. The number of aryl methyl sites for hydroxylation is 1. The molecule has 6 rings (SSSR count). The van der Waals surface area contributed by atoms with Gasteiger partial charge in [0.15, 0.2) is 15.5 Å². The molecule has 9 heteroatoms. The number of benzene rings is 2. The minimum Gasteiger partial charge on any atom is -0.409 e. The molecule has 194 valence electrons. The van der Waals surface area contributed by atoms with Crippen molar-refractivity contribution in [3.8, 4) is 11.1 Å². The van der Waals surface area contributed by atoms with Crippen molar-refractivity contribution in [2.45, 2.75) is 36.0 Å². The van der Waals surface area contributed by atoms with E-state index in [2.05, 4.69) is 11.0 Å². The molecule has 3 heterocycles. The van der Waals surface area contributed by atoms with Crippen molar-refractivity contribution in [3.63, 3.8) is 0 Å². The van der Waals surface area contributed by atoms with Crippen LogP contribution in [0.3, 0.4) is 0 Å². The van der Waals surface area contributed by atoms with Gasteiger partial charge in [-0.25, -0.2) is 13.4 Å². The van der Waals surface area contributed by atoms with Crippen molar-refractivity contribution < 1.29 is 23.1 Å². The topological polar surface area (TPSA) is 93.9 Å². The molecule has 0 spiro atoms. The van der Waals surface area contributed by atoms with Crippen LogP contribution in [0.2, 0.25) is 0 Å². The SMILES string of the molecule is Cc1cnc2c(c1)c1c(-c3cccc(S(=O)(=O)C4CC4)c3)cccc1n2OC[C@H]1CN(CCO)CCO1. The molecular formula is C28H31N3O5S. The van der Waals surface area contributed by atoms with Crippen molar-refractivity contribution in [2.75, 3.05) is 39.5 Å². The molecule has 4 aromatic rings. The molecule has 1 aliphatic heterocycles. The molecule has 1 saturated heterocycles. The van der Waals surface area contributed by atoms with Crippen LogP contribution in [-0.4, -0.2) is 78.9 Å². The van der Waals surface area contributed by atoms with Gasteiger partial charge in [0.25, 0.3) is 0 Å². The normalized spacial score (nSPS) is 19.0. The maximum atomic E-state index is 12.9. The van der Waals surface area contributed by atoms with Gasteiger partial charge in [0, 0.05) is 36.6 Å². The highest BCUT2D eigenvalue weighted by atomic mass is 32.2. The second-order valence-corrected chi connectivity index (χ2v) is 12.2. The van der Waals surface area contributed by atoms with Crippen LogP contribution in [0.1, 0.15) is 18.4 Å². The zero-order chi connectivity index (χ0) is 25.6. The molecule has 1 aliphatic carbocycles. The first kappa shape index (κ1) is 24.4. The summed E-state index contributed by atoms with van der Waals surface area (Å²) in [6, 6.07) is 15.3. The first-order valence-corrected chi connectivity index (χ1v) is 14.3. The zero-order valence-electron chi connectivity index (χ0n) is 20.8. The summed E-state index contributed by atoms with van der Waals surface area (Å²) in [5.74, 6) is 0. The Kier molecular flexibility index (Phi) is 6.40. The van der Waals surface area contributed by atoms with Gasteiger partial charge in [0.05, 0.1) is 28.9 Å². The molecule has 2 aliphatic rings. The number of sulfone groups is 1. The highest BCUT2D eigenvalue weighted by molar-refractivity contribution is 7.92. The fraction of sp³-hybridized carbons (Fsp3) is 0.393. The summed E-state index contributed by atoms with van der Waals surface area (Å²) < 4.78 is 33.6. The largest absolute Gasteiger partial charge is 0.409 e. The quantitative estimate of drug-likeness (QED) is 0.381. The lowest BCUT2D eigenvalue weighted by molar-refractivity contribution is -0.0704.